The summed E-state index contributed by atoms with van der Waals surface area (Å²) >= 11 is 0. The maximum atomic E-state index is 12.4. The Balaban J connectivity index is 0.000000577. The highest BCUT2D eigenvalue weighted by Gasteiger charge is 2.49. The average Bonchev–Trinajstić information content (AvgIpc) is 3.81. The van der Waals surface area contributed by atoms with Crippen LogP contribution < -0.4 is 20.9 Å². The molecule has 284 valence electrons. The number of pyridine rings is 1. The van der Waals surface area contributed by atoms with Gasteiger partial charge >= 0.3 is 7.82 Å². The number of anilines is 1. The molecular formula is C25H32N8O17P2. The topological polar surface area (TPSA) is 379 Å². The normalized spacial score (nSPS) is 29.9. The summed E-state index contributed by atoms with van der Waals surface area (Å²) < 4.78 is 51.5. The number of aliphatic hydroxyl groups excluding tert-OH is 4. The van der Waals surface area contributed by atoms with E-state index in [1.807, 2.05) is 0 Å². The number of aromatic nitrogens is 5. The minimum atomic E-state index is -5.62. The van der Waals surface area contributed by atoms with Crippen molar-refractivity contribution >= 4 is 50.3 Å². The van der Waals surface area contributed by atoms with Crippen LogP contribution >= 0.6 is 15.6 Å². The molecule has 0 saturated carbocycles. The molecule has 0 spiro atoms. The molecule has 2 unspecified atom stereocenters. The van der Waals surface area contributed by atoms with Gasteiger partial charge in [-0.05, 0) is 6.07 Å². The molecule has 6 heterocycles. The molecular weight excluding hydrogens is 746 g/mol. The number of primary amides is 1. The summed E-state index contributed by atoms with van der Waals surface area (Å²) in [5.74, 6) is -1.74. The number of carbonyl (C=O) groups excluding carboxylic acids is 3. The zero-order valence-electron chi connectivity index (χ0n) is 26.3. The van der Waals surface area contributed by atoms with Crippen LogP contribution in [0.1, 0.15) is 35.7 Å². The molecule has 3 aliphatic heterocycles. The van der Waals surface area contributed by atoms with Gasteiger partial charge in [-0.25, -0.2) is 23.8 Å². The van der Waals surface area contributed by atoms with Gasteiger partial charge in [0.2, 0.25) is 0 Å². The number of nitrogens with two attached hydrogens (primary N) is 2. The fourth-order valence-electron chi connectivity index (χ4n) is 5.13. The predicted molar refractivity (Wildman–Crippen MR) is 160 cm³/mol. The van der Waals surface area contributed by atoms with Gasteiger partial charge in [-0.15, -0.1) is 0 Å². The highest BCUT2D eigenvalue weighted by molar-refractivity contribution is 7.60. The average molecular weight is 779 g/mol. The molecule has 0 radical (unpaired) electrons. The highest BCUT2D eigenvalue weighted by Crippen LogP contribution is 2.58. The molecule has 52 heavy (non-hydrogen) atoms. The summed E-state index contributed by atoms with van der Waals surface area (Å²) in [7, 11) is -11.0. The van der Waals surface area contributed by atoms with Crippen molar-refractivity contribution in [2.75, 3.05) is 18.9 Å². The molecule has 27 heteroatoms. The molecule has 25 nitrogen and oxygen atoms in total. The van der Waals surface area contributed by atoms with E-state index >= 15 is 0 Å². The van der Waals surface area contributed by atoms with Crippen LogP contribution in [0.2, 0.25) is 0 Å². The van der Waals surface area contributed by atoms with E-state index in [0.29, 0.717) is 0 Å². The van der Waals surface area contributed by atoms with Crippen LogP contribution in [0.5, 0.6) is 0 Å². The van der Waals surface area contributed by atoms with Crippen LogP contribution in [0.15, 0.2) is 37.2 Å². The summed E-state index contributed by atoms with van der Waals surface area (Å²) in [6.45, 7) is -1.89. The Bertz CT molecular complexity index is 1900. The standard InChI is InChI=1S/C21H27N7O14P2.C4H5NO3/c22-17-12-19(25-7-24-17)28(8-26-12)21-16(32)14(30)11(41-21)6-39-44(36,37)42-43(34,35)38-5-10-13(29)15(31)20(40-10)27-3-1-2-9(4-27)18(23)33;6-3-1-2-4(7)5(3)8/h1-4,7-8,10-11,13-16,20-21,29-32H,5-6H2,(H5-,22,23,24,25,33,34,35,36,37);8H,1-2H2/t10-,11-,13-,14-,15-,16-,20-,21-;/m1./s1. The number of phosphoric acid groups is 2. The van der Waals surface area contributed by atoms with E-state index in [1.165, 1.54) is 40.0 Å². The van der Waals surface area contributed by atoms with Gasteiger partial charge in [-0.3, -0.25) is 33.2 Å². The van der Waals surface area contributed by atoms with Gasteiger partial charge in [0, 0.05) is 18.9 Å². The Labute approximate surface area is 290 Å². The number of imidazole rings is 1. The van der Waals surface area contributed by atoms with Gasteiger partial charge in [0.25, 0.3) is 31.8 Å². The Morgan fingerprint density at radius 2 is 1.63 bits per heavy atom. The Morgan fingerprint density at radius 3 is 2.27 bits per heavy atom. The largest absolute Gasteiger partial charge is 0.756 e. The third-order valence-corrected chi connectivity index (χ3v) is 10.3. The zero-order valence-corrected chi connectivity index (χ0v) is 28.1. The third-order valence-electron chi connectivity index (χ3n) is 7.76. The zero-order chi connectivity index (χ0) is 38.1. The first-order valence-corrected chi connectivity index (χ1v) is 17.8. The molecule has 10 N–H and O–H groups in total. The quantitative estimate of drug-likeness (QED) is 0.0396. The minimum absolute atomic E-state index is 0.0446. The van der Waals surface area contributed by atoms with Crippen LogP contribution in [0, 0.1) is 0 Å². The van der Waals surface area contributed by atoms with E-state index < -0.39 is 95.7 Å². The molecule has 0 bridgehead atoms. The van der Waals surface area contributed by atoms with Gasteiger partial charge in [0.05, 0.1) is 19.5 Å². The van der Waals surface area contributed by atoms with Crippen LogP contribution in [-0.4, -0.2) is 123 Å². The molecule has 10 atom stereocenters. The monoisotopic (exact) mass is 778 g/mol. The highest BCUT2D eigenvalue weighted by atomic mass is 31.3. The number of ether oxygens (including phenoxy) is 2. The van der Waals surface area contributed by atoms with E-state index in [0.717, 1.165) is 6.33 Å². The van der Waals surface area contributed by atoms with E-state index in [1.54, 1.807) is 0 Å². The second-order valence-electron chi connectivity index (χ2n) is 11.3. The minimum Gasteiger partial charge on any atom is -0.756 e. The van der Waals surface area contributed by atoms with Crippen molar-refractivity contribution in [2.45, 2.75) is 61.9 Å². The number of phosphoric ester groups is 2. The second kappa shape index (κ2) is 15.6. The van der Waals surface area contributed by atoms with E-state index in [9.17, 15) is 53.7 Å². The maximum Gasteiger partial charge on any atom is 0.478 e. The first kappa shape index (κ1) is 39.3. The molecule has 3 aromatic rings. The number of fused-ring (bicyclic) bond motifs is 1. The molecule has 3 fully saturated rings. The molecule has 3 saturated heterocycles. The first-order chi connectivity index (χ1) is 24.4. The van der Waals surface area contributed by atoms with Crippen molar-refractivity contribution in [3.05, 3.63) is 42.7 Å². The summed E-state index contributed by atoms with van der Waals surface area (Å²) in [6, 6.07) is 2.82. The van der Waals surface area contributed by atoms with Crippen molar-refractivity contribution in [3.63, 3.8) is 0 Å². The lowest BCUT2D eigenvalue weighted by atomic mass is 10.1. The summed E-state index contributed by atoms with van der Waals surface area (Å²) in [6.07, 6.45) is -6.76. The van der Waals surface area contributed by atoms with Crippen molar-refractivity contribution < 1.29 is 86.3 Å². The van der Waals surface area contributed by atoms with Gasteiger partial charge in [-0.1, -0.05) is 0 Å². The summed E-state index contributed by atoms with van der Waals surface area (Å²) in [5, 5.41) is 50.1. The van der Waals surface area contributed by atoms with Gasteiger partial charge < -0.3 is 55.7 Å². The van der Waals surface area contributed by atoms with Crippen LogP contribution in [0.25, 0.3) is 11.2 Å². The lowest BCUT2D eigenvalue weighted by Crippen LogP contribution is -2.46. The number of imide groups is 1. The molecule has 3 aliphatic rings. The van der Waals surface area contributed by atoms with E-state index in [2.05, 4.69) is 28.3 Å². The van der Waals surface area contributed by atoms with Crippen molar-refractivity contribution in [1.82, 2.24) is 24.6 Å². The Morgan fingerprint density at radius 1 is 1.00 bits per heavy atom. The predicted octanol–water partition coefficient (Wildman–Crippen LogP) is -4.12. The van der Waals surface area contributed by atoms with Crippen LogP contribution in [-0.2, 0) is 41.6 Å². The first-order valence-electron chi connectivity index (χ1n) is 14.8. The van der Waals surface area contributed by atoms with Crippen LogP contribution in [0.4, 0.5) is 5.82 Å². The van der Waals surface area contributed by atoms with Gasteiger partial charge in [0.15, 0.2) is 36.2 Å². The fraction of sp³-hybridized carbons (Fsp3) is 0.480. The summed E-state index contributed by atoms with van der Waals surface area (Å²) in [5.41, 5.74) is 11.4. The molecule has 3 aromatic heterocycles. The SMILES string of the molecule is NC(=O)c1ccc[n+]([C@@H]2O[C@H](COP(=O)([O-])OP(=O)(O)OC[C@H]3O[C@@H](n4cnc5c(N)ncnc54)[C@H](O)[C@@H]3O)[C@@H](O)[C@H]2O)c1.O=C1CCC(=O)N1O. The number of hydroxylamine groups is 2. The molecule has 6 rings (SSSR count). The Hall–Kier alpha value is -3.91. The number of hydrogen-bond acceptors (Lipinski definition) is 20. The molecule has 3 amide bonds. The number of carbonyl (C=O) groups is 3. The third kappa shape index (κ3) is 8.65. The van der Waals surface area contributed by atoms with E-state index in [4.69, 9.17) is 26.1 Å². The number of hydrogen-bond donors (Lipinski definition) is 8. The number of aliphatic hydroxyl groups is 4. The lowest BCUT2D eigenvalue weighted by Gasteiger charge is -2.26. The number of nitrogens with zero attached hydrogens (tertiary/aromatic N) is 6. The van der Waals surface area contributed by atoms with Gasteiger partial charge in [0.1, 0.15) is 47.9 Å². The van der Waals surface area contributed by atoms with Gasteiger partial charge in [-0.2, -0.15) is 9.63 Å². The number of rotatable bonds is 11. The van der Waals surface area contributed by atoms with Crippen molar-refractivity contribution in [3.8, 4) is 0 Å². The number of amides is 3. The maximum absolute atomic E-state index is 12.4. The molecule has 0 aromatic carbocycles. The second-order valence-corrected chi connectivity index (χ2v) is 14.3. The fourth-order valence-corrected chi connectivity index (χ4v) is 7.19. The summed E-state index contributed by atoms with van der Waals surface area (Å²) in [4.78, 5) is 66.0. The smallest absolute Gasteiger partial charge is 0.478 e. The number of nitrogen functional groups attached to an aromatic ring is 1. The molecule has 0 aliphatic carbocycles. The van der Waals surface area contributed by atoms with Crippen molar-refractivity contribution in [1.29, 1.82) is 0 Å². The lowest BCUT2D eigenvalue weighted by molar-refractivity contribution is -0.765. The van der Waals surface area contributed by atoms with E-state index in [-0.39, 0.29) is 40.5 Å². The Kier molecular flexibility index (Phi) is 11.8. The van der Waals surface area contributed by atoms with Crippen molar-refractivity contribution in [2.24, 2.45) is 5.73 Å². The van der Waals surface area contributed by atoms with Crippen LogP contribution in [0.3, 0.4) is 0 Å².